The number of aryl methyl sites for hydroxylation is 1. The highest BCUT2D eigenvalue weighted by atomic mass is 16.2. The van der Waals surface area contributed by atoms with Gasteiger partial charge in [0.05, 0.1) is 5.52 Å². The van der Waals surface area contributed by atoms with E-state index in [1.165, 1.54) is 19.3 Å². The van der Waals surface area contributed by atoms with Crippen molar-refractivity contribution in [2.75, 3.05) is 49.1 Å². The highest BCUT2D eigenvalue weighted by molar-refractivity contribution is 5.95. The first-order valence-electron chi connectivity index (χ1n) is 11.2. The molecular weight excluding hydrogens is 388 g/mol. The zero-order valence-electron chi connectivity index (χ0n) is 18.0. The van der Waals surface area contributed by atoms with Gasteiger partial charge in [-0.05, 0) is 38.3 Å². The molecular formula is C24H28N6O. The van der Waals surface area contributed by atoms with Gasteiger partial charge in [0, 0.05) is 56.4 Å². The number of hydrogen-bond acceptors (Lipinski definition) is 6. The van der Waals surface area contributed by atoms with Crippen LogP contribution >= 0.6 is 0 Å². The zero-order chi connectivity index (χ0) is 21.2. The standard InChI is InChI=1S/C24H28N6O/c1-18-17-22(27-24(25-18)30-11-5-2-6-12-30)28-13-15-29(16-14-28)23(31)21-10-9-19-7-3-4-8-20(19)26-21/h3-4,7-10,17H,2,5-6,11-16H2,1H3. The highest BCUT2D eigenvalue weighted by Crippen LogP contribution is 2.22. The van der Waals surface area contributed by atoms with Crippen molar-refractivity contribution < 1.29 is 4.79 Å². The number of anilines is 2. The van der Waals surface area contributed by atoms with E-state index in [-0.39, 0.29) is 5.91 Å². The van der Waals surface area contributed by atoms with Gasteiger partial charge in [0.15, 0.2) is 0 Å². The van der Waals surface area contributed by atoms with E-state index in [0.29, 0.717) is 18.8 Å². The predicted octanol–water partition coefficient (Wildman–Crippen LogP) is 3.29. The molecule has 0 aliphatic carbocycles. The molecule has 2 fully saturated rings. The normalized spacial score (nSPS) is 17.3. The number of nitrogens with zero attached hydrogens (tertiary/aromatic N) is 6. The van der Waals surface area contributed by atoms with Crippen molar-refractivity contribution in [1.82, 2.24) is 19.9 Å². The van der Waals surface area contributed by atoms with Crippen LogP contribution in [0.2, 0.25) is 0 Å². The lowest BCUT2D eigenvalue weighted by Gasteiger charge is -2.36. The van der Waals surface area contributed by atoms with Crippen LogP contribution in [0, 0.1) is 6.92 Å². The number of piperidine rings is 1. The molecule has 2 aliphatic rings. The van der Waals surface area contributed by atoms with Crippen LogP contribution in [0.5, 0.6) is 0 Å². The second-order valence-corrected chi connectivity index (χ2v) is 8.38. The monoisotopic (exact) mass is 416 g/mol. The summed E-state index contributed by atoms with van der Waals surface area (Å²) in [4.78, 5) is 33.6. The van der Waals surface area contributed by atoms with Crippen LogP contribution in [-0.4, -0.2) is 65.0 Å². The van der Waals surface area contributed by atoms with Gasteiger partial charge >= 0.3 is 0 Å². The fourth-order valence-electron chi connectivity index (χ4n) is 4.42. The van der Waals surface area contributed by atoms with Crippen molar-refractivity contribution in [3.05, 3.63) is 53.9 Å². The molecule has 0 saturated carbocycles. The predicted molar refractivity (Wildman–Crippen MR) is 123 cm³/mol. The van der Waals surface area contributed by atoms with E-state index in [2.05, 4.69) is 25.8 Å². The Balaban J connectivity index is 1.27. The molecule has 4 heterocycles. The van der Waals surface area contributed by atoms with E-state index in [4.69, 9.17) is 4.98 Å². The molecule has 0 N–H and O–H groups in total. The van der Waals surface area contributed by atoms with Gasteiger partial charge in [0.1, 0.15) is 11.5 Å². The average Bonchev–Trinajstić information content (AvgIpc) is 2.83. The van der Waals surface area contributed by atoms with Crippen LogP contribution in [0.3, 0.4) is 0 Å². The maximum Gasteiger partial charge on any atom is 0.272 e. The highest BCUT2D eigenvalue weighted by Gasteiger charge is 2.25. The Morgan fingerprint density at radius 1 is 0.806 bits per heavy atom. The summed E-state index contributed by atoms with van der Waals surface area (Å²) in [5, 5.41) is 1.05. The van der Waals surface area contributed by atoms with Gasteiger partial charge in [-0.15, -0.1) is 0 Å². The van der Waals surface area contributed by atoms with E-state index < -0.39 is 0 Å². The number of benzene rings is 1. The first-order valence-corrected chi connectivity index (χ1v) is 11.2. The third-order valence-electron chi connectivity index (χ3n) is 6.18. The molecule has 1 aromatic carbocycles. The van der Waals surface area contributed by atoms with Crippen LogP contribution in [0.1, 0.15) is 35.4 Å². The van der Waals surface area contributed by atoms with Gasteiger partial charge in [-0.3, -0.25) is 4.79 Å². The molecule has 0 bridgehead atoms. The van der Waals surface area contributed by atoms with Crippen molar-refractivity contribution in [3.63, 3.8) is 0 Å². The minimum atomic E-state index is -0.00160. The topological polar surface area (TPSA) is 65.5 Å². The maximum absolute atomic E-state index is 13.0. The summed E-state index contributed by atoms with van der Waals surface area (Å²) in [7, 11) is 0. The Morgan fingerprint density at radius 3 is 2.39 bits per heavy atom. The van der Waals surface area contributed by atoms with Crippen LogP contribution in [0.15, 0.2) is 42.5 Å². The Kier molecular flexibility index (Phi) is 5.40. The molecule has 0 atom stereocenters. The molecule has 0 unspecified atom stereocenters. The number of rotatable bonds is 3. The van der Waals surface area contributed by atoms with Crippen LogP contribution in [0.4, 0.5) is 11.8 Å². The molecule has 7 heteroatoms. The van der Waals surface area contributed by atoms with Gasteiger partial charge in [-0.1, -0.05) is 24.3 Å². The van der Waals surface area contributed by atoms with Gasteiger partial charge in [-0.2, -0.15) is 4.98 Å². The summed E-state index contributed by atoms with van der Waals surface area (Å²) in [5.74, 6) is 1.80. The number of pyridine rings is 1. The molecule has 2 aliphatic heterocycles. The summed E-state index contributed by atoms with van der Waals surface area (Å²) in [6, 6.07) is 13.7. The molecule has 0 radical (unpaired) electrons. The molecule has 5 rings (SSSR count). The Morgan fingerprint density at radius 2 is 1.58 bits per heavy atom. The Labute approximate surface area is 182 Å². The summed E-state index contributed by atoms with van der Waals surface area (Å²) >= 11 is 0. The van der Waals surface area contributed by atoms with E-state index in [1.54, 1.807) is 0 Å². The molecule has 2 aromatic heterocycles. The number of carbonyl (C=O) groups is 1. The SMILES string of the molecule is Cc1cc(N2CCN(C(=O)c3ccc4ccccc4n3)CC2)nc(N2CCCCC2)n1. The van der Waals surface area contributed by atoms with E-state index >= 15 is 0 Å². The van der Waals surface area contributed by atoms with Gasteiger partial charge in [0.25, 0.3) is 5.91 Å². The Bertz CT molecular complexity index is 1090. The number of amides is 1. The lowest BCUT2D eigenvalue weighted by atomic mass is 10.1. The smallest absolute Gasteiger partial charge is 0.272 e. The molecule has 0 spiro atoms. The number of para-hydroxylation sites is 1. The molecule has 160 valence electrons. The first-order chi connectivity index (χ1) is 15.2. The van der Waals surface area contributed by atoms with Crippen molar-refractivity contribution >= 4 is 28.6 Å². The second kappa shape index (κ2) is 8.49. The van der Waals surface area contributed by atoms with Crippen LogP contribution < -0.4 is 9.80 Å². The number of hydrogen-bond donors (Lipinski definition) is 0. The quantitative estimate of drug-likeness (QED) is 0.653. The van der Waals surface area contributed by atoms with Crippen LogP contribution in [-0.2, 0) is 0 Å². The lowest BCUT2D eigenvalue weighted by molar-refractivity contribution is 0.0741. The minimum Gasteiger partial charge on any atom is -0.353 e. The van der Waals surface area contributed by atoms with Crippen molar-refractivity contribution in [2.24, 2.45) is 0 Å². The molecule has 7 nitrogen and oxygen atoms in total. The third-order valence-corrected chi connectivity index (χ3v) is 6.18. The summed E-state index contributed by atoms with van der Waals surface area (Å²) in [6.07, 6.45) is 3.70. The minimum absolute atomic E-state index is 0.00160. The maximum atomic E-state index is 13.0. The average molecular weight is 417 g/mol. The van der Waals surface area contributed by atoms with Crippen molar-refractivity contribution in [1.29, 1.82) is 0 Å². The number of aromatic nitrogens is 3. The number of piperazine rings is 1. The molecule has 1 amide bonds. The van der Waals surface area contributed by atoms with Gasteiger partial charge in [-0.25, -0.2) is 9.97 Å². The largest absolute Gasteiger partial charge is 0.353 e. The third kappa shape index (κ3) is 4.17. The fourth-order valence-corrected chi connectivity index (χ4v) is 4.42. The Hall–Kier alpha value is -3.22. The first kappa shape index (κ1) is 19.7. The van der Waals surface area contributed by atoms with Gasteiger partial charge in [0.2, 0.25) is 5.95 Å². The fraction of sp³-hybridized carbons (Fsp3) is 0.417. The molecule has 3 aromatic rings. The summed E-state index contributed by atoms with van der Waals surface area (Å²) < 4.78 is 0. The molecule has 2 saturated heterocycles. The lowest BCUT2D eigenvalue weighted by Crippen LogP contribution is -2.49. The van der Waals surface area contributed by atoms with Crippen molar-refractivity contribution in [3.8, 4) is 0 Å². The van der Waals surface area contributed by atoms with Crippen LogP contribution in [0.25, 0.3) is 10.9 Å². The number of carbonyl (C=O) groups excluding carboxylic acids is 1. The van der Waals surface area contributed by atoms with E-state index in [0.717, 1.165) is 54.5 Å². The second-order valence-electron chi connectivity index (χ2n) is 8.38. The zero-order valence-corrected chi connectivity index (χ0v) is 18.0. The van der Waals surface area contributed by atoms with E-state index in [9.17, 15) is 4.79 Å². The summed E-state index contributed by atoms with van der Waals surface area (Å²) in [6.45, 7) is 6.94. The number of fused-ring (bicyclic) bond motifs is 1. The van der Waals surface area contributed by atoms with Gasteiger partial charge < -0.3 is 14.7 Å². The van der Waals surface area contributed by atoms with E-state index in [1.807, 2.05) is 48.2 Å². The van der Waals surface area contributed by atoms with Crippen molar-refractivity contribution in [2.45, 2.75) is 26.2 Å². The summed E-state index contributed by atoms with van der Waals surface area (Å²) in [5.41, 5.74) is 2.36. The molecule has 31 heavy (non-hydrogen) atoms.